The number of hydrogen-bond donors (Lipinski definition) is 6. The number of aromatic nitrogens is 1. The summed E-state index contributed by atoms with van der Waals surface area (Å²) < 4.78 is 5.78. The highest BCUT2D eigenvalue weighted by molar-refractivity contribution is 5.94. The van der Waals surface area contributed by atoms with Gasteiger partial charge in [0.2, 0.25) is 11.5 Å². The van der Waals surface area contributed by atoms with Crippen molar-refractivity contribution in [2.24, 2.45) is 5.92 Å². The lowest BCUT2D eigenvalue weighted by molar-refractivity contribution is -0.133. The number of pyridine rings is 1. The number of aromatic hydroxyl groups is 1. The zero-order valence-corrected chi connectivity index (χ0v) is 33.1. The predicted molar refractivity (Wildman–Crippen MR) is 227 cm³/mol. The van der Waals surface area contributed by atoms with Crippen molar-refractivity contribution in [2.75, 3.05) is 51.1 Å². The van der Waals surface area contributed by atoms with E-state index in [-0.39, 0.29) is 41.3 Å². The summed E-state index contributed by atoms with van der Waals surface area (Å²) in [6.07, 6.45) is 2.07. The first-order chi connectivity index (χ1) is 28.7. The Hall–Kier alpha value is -6.02. The van der Waals surface area contributed by atoms with Crippen molar-refractivity contribution in [3.05, 3.63) is 130 Å². The SMILES string of the molecule is O=C(Nc1ccccc1-c1ccccc1)OC1CCN(CCC(=O)N2CCC(CNC(=O)c3ccc(CNCC(O)c4ccc(O)c5[nH]c(=O)ccc45)cc3)CC2)CC1. The van der Waals surface area contributed by atoms with Gasteiger partial charge in [0.15, 0.2) is 0 Å². The lowest BCUT2D eigenvalue weighted by Crippen LogP contribution is -2.43. The van der Waals surface area contributed by atoms with E-state index in [2.05, 4.69) is 25.8 Å². The number of piperidine rings is 2. The van der Waals surface area contributed by atoms with E-state index in [1.54, 1.807) is 24.3 Å². The number of carbonyl (C=O) groups is 3. The van der Waals surface area contributed by atoms with E-state index in [9.17, 15) is 29.4 Å². The number of nitrogens with zero attached hydrogens (tertiary/aromatic N) is 2. The second-order valence-electron chi connectivity index (χ2n) is 15.4. The van der Waals surface area contributed by atoms with Crippen molar-refractivity contribution < 1.29 is 29.3 Å². The van der Waals surface area contributed by atoms with Crippen molar-refractivity contribution >= 4 is 34.5 Å². The maximum Gasteiger partial charge on any atom is 0.411 e. The minimum Gasteiger partial charge on any atom is -0.506 e. The van der Waals surface area contributed by atoms with Gasteiger partial charge in [-0.05, 0) is 78.6 Å². The molecule has 0 bridgehead atoms. The van der Waals surface area contributed by atoms with Crippen LogP contribution in [0.3, 0.4) is 0 Å². The van der Waals surface area contributed by atoms with Crippen LogP contribution in [0, 0.1) is 5.92 Å². The smallest absolute Gasteiger partial charge is 0.411 e. The maximum atomic E-state index is 13.1. The van der Waals surface area contributed by atoms with Gasteiger partial charge < -0.3 is 40.4 Å². The number of rotatable bonds is 14. The molecule has 308 valence electrons. The molecule has 4 aromatic carbocycles. The molecule has 0 saturated carbocycles. The third-order valence-corrected chi connectivity index (χ3v) is 11.4. The van der Waals surface area contributed by atoms with E-state index in [0.29, 0.717) is 67.3 Å². The zero-order valence-electron chi connectivity index (χ0n) is 33.1. The highest BCUT2D eigenvalue weighted by atomic mass is 16.6. The number of amides is 3. The Kier molecular flexibility index (Phi) is 13.7. The molecule has 2 aliphatic rings. The van der Waals surface area contributed by atoms with Gasteiger partial charge in [0.05, 0.1) is 17.3 Å². The zero-order chi connectivity index (χ0) is 41.1. The number of H-pyrrole nitrogens is 1. The molecule has 59 heavy (non-hydrogen) atoms. The largest absolute Gasteiger partial charge is 0.506 e. The number of phenols is 1. The Balaban J connectivity index is 0.757. The number of nitrogens with one attached hydrogen (secondary N) is 4. The molecule has 3 amide bonds. The summed E-state index contributed by atoms with van der Waals surface area (Å²) in [5.41, 5.74) is 4.72. The third kappa shape index (κ3) is 10.9. The highest BCUT2D eigenvalue weighted by Crippen LogP contribution is 2.30. The van der Waals surface area contributed by atoms with Crippen molar-refractivity contribution in [3.63, 3.8) is 0 Å². The molecule has 2 fully saturated rings. The van der Waals surface area contributed by atoms with Crippen LogP contribution >= 0.6 is 0 Å². The van der Waals surface area contributed by atoms with Crippen molar-refractivity contribution in [1.29, 1.82) is 0 Å². The van der Waals surface area contributed by atoms with Crippen LogP contribution in [0.25, 0.3) is 22.0 Å². The summed E-state index contributed by atoms with van der Waals surface area (Å²) in [5, 5.41) is 30.7. The summed E-state index contributed by atoms with van der Waals surface area (Å²) in [4.78, 5) is 57.3. The number of para-hydroxylation sites is 1. The molecular weight excluding hydrogens is 749 g/mol. The Morgan fingerprint density at radius 2 is 1.56 bits per heavy atom. The van der Waals surface area contributed by atoms with Crippen LogP contribution in [-0.4, -0.2) is 94.8 Å². The molecule has 0 aliphatic carbocycles. The van der Waals surface area contributed by atoms with Crippen LogP contribution in [0.1, 0.15) is 59.7 Å². The number of benzene rings is 4. The highest BCUT2D eigenvalue weighted by Gasteiger charge is 2.26. The van der Waals surface area contributed by atoms with Crippen LogP contribution in [0.4, 0.5) is 10.5 Å². The number of ether oxygens (including phenoxy) is 1. The maximum absolute atomic E-state index is 13.1. The number of aliphatic hydroxyl groups excluding tert-OH is 1. The summed E-state index contributed by atoms with van der Waals surface area (Å²) in [6, 6.07) is 31.0. The molecule has 1 aromatic heterocycles. The molecule has 1 atom stereocenters. The van der Waals surface area contributed by atoms with Crippen molar-refractivity contribution in [2.45, 2.75) is 50.9 Å². The summed E-state index contributed by atoms with van der Waals surface area (Å²) in [7, 11) is 0. The summed E-state index contributed by atoms with van der Waals surface area (Å²) in [5.74, 6) is 0.252. The fraction of sp³-hybridized carbons (Fsp3) is 0.348. The van der Waals surface area contributed by atoms with E-state index < -0.39 is 12.2 Å². The lowest BCUT2D eigenvalue weighted by atomic mass is 9.96. The number of hydrogen-bond acceptors (Lipinski definition) is 9. The molecule has 13 nitrogen and oxygen atoms in total. The number of phenolic OH excluding ortho intramolecular Hbond substituents is 1. The second kappa shape index (κ2) is 19.6. The van der Waals surface area contributed by atoms with E-state index in [1.807, 2.05) is 71.6 Å². The molecule has 0 spiro atoms. The van der Waals surface area contributed by atoms with E-state index >= 15 is 0 Å². The Morgan fingerprint density at radius 1 is 0.831 bits per heavy atom. The molecule has 5 aromatic rings. The van der Waals surface area contributed by atoms with Crippen LogP contribution in [0.5, 0.6) is 5.75 Å². The quantitative estimate of drug-likeness (QED) is 0.0812. The monoisotopic (exact) mass is 800 g/mol. The standard InChI is InChI=1S/C46H52N6O7/c53-40-16-14-37(38-15-17-42(55)50-44(38)40)41(54)30-47-28-31-10-12-34(13-11-31)45(57)48-29-32-18-26-52(27-19-32)43(56)22-25-51-23-20-35(21-24-51)59-46(58)49-39-9-5-4-8-36(39)33-6-2-1-3-7-33/h1-17,32,35,41,47,53-54H,18-30H2,(H,48,57)(H,49,58)(H,50,55). The summed E-state index contributed by atoms with van der Waals surface area (Å²) in [6.45, 7) is 4.84. The number of aliphatic hydroxyl groups is 1. The average Bonchev–Trinajstić information content (AvgIpc) is 3.26. The van der Waals surface area contributed by atoms with Gasteiger partial charge in [-0.1, -0.05) is 66.7 Å². The number of aromatic amines is 1. The lowest BCUT2D eigenvalue weighted by Gasteiger charge is -2.34. The second-order valence-corrected chi connectivity index (χ2v) is 15.4. The van der Waals surface area contributed by atoms with Gasteiger partial charge in [-0.15, -0.1) is 0 Å². The first-order valence-electron chi connectivity index (χ1n) is 20.4. The minimum atomic E-state index is -0.868. The van der Waals surface area contributed by atoms with E-state index in [0.717, 1.165) is 55.5 Å². The normalized spacial score (nSPS) is 15.8. The number of fused-ring (bicyclic) bond motifs is 1. The van der Waals surface area contributed by atoms with Gasteiger partial charge in [-0.2, -0.15) is 0 Å². The first kappa shape index (κ1) is 41.2. The van der Waals surface area contributed by atoms with Gasteiger partial charge in [-0.25, -0.2) is 4.79 Å². The topological polar surface area (TPSA) is 176 Å². The van der Waals surface area contributed by atoms with Crippen LogP contribution < -0.4 is 21.5 Å². The molecule has 2 aliphatic heterocycles. The predicted octanol–water partition coefficient (Wildman–Crippen LogP) is 5.80. The molecule has 3 heterocycles. The first-order valence-corrected chi connectivity index (χ1v) is 20.4. The molecule has 13 heteroatoms. The molecule has 2 saturated heterocycles. The van der Waals surface area contributed by atoms with Crippen LogP contribution in [0.2, 0.25) is 0 Å². The van der Waals surface area contributed by atoms with Crippen molar-refractivity contribution in [1.82, 2.24) is 25.4 Å². The van der Waals surface area contributed by atoms with Gasteiger partial charge >= 0.3 is 6.09 Å². The molecule has 6 N–H and O–H groups in total. The molecular formula is C46H52N6O7. The molecule has 7 rings (SSSR count). The number of anilines is 1. The van der Waals surface area contributed by atoms with Gasteiger partial charge in [0.25, 0.3) is 5.91 Å². The number of carbonyl (C=O) groups excluding carboxylic acids is 3. The van der Waals surface area contributed by atoms with Crippen molar-refractivity contribution in [3.8, 4) is 16.9 Å². The average molecular weight is 801 g/mol. The van der Waals surface area contributed by atoms with Gasteiger partial charge in [0, 0.05) is 81.4 Å². The Morgan fingerprint density at radius 3 is 2.32 bits per heavy atom. The molecule has 1 unspecified atom stereocenters. The van der Waals surface area contributed by atoms with Gasteiger partial charge in [0.1, 0.15) is 11.9 Å². The van der Waals surface area contributed by atoms with E-state index in [1.165, 1.54) is 12.1 Å². The van der Waals surface area contributed by atoms with Crippen LogP contribution in [0.15, 0.2) is 108 Å². The Labute approximate surface area is 343 Å². The van der Waals surface area contributed by atoms with Gasteiger partial charge in [-0.3, -0.25) is 19.7 Å². The fourth-order valence-corrected chi connectivity index (χ4v) is 7.93. The minimum absolute atomic E-state index is 0.0573. The van der Waals surface area contributed by atoms with E-state index in [4.69, 9.17) is 4.74 Å². The fourth-order valence-electron chi connectivity index (χ4n) is 7.93. The third-order valence-electron chi connectivity index (χ3n) is 11.4. The molecule has 0 radical (unpaired) electrons. The Bertz CT molecular complexity index is 2270. The number of likely N-dealkylation sites (tertiary alicyclic amines) is 2. The summed E-state index contributed by atoms with van der Waals surface area (Å²) >= 11 is 0. The van der Waals surface area contributed by atoms with Crippen LogP contribution in [-0.2, 0) is 16.1 Å².